The zero-order valence-electron chi connectivity index (χ0n) is 22.5. The molecule has 0 amide bonds. The summed E-state index contributed by atoms with van der Waals surface area (Å²) >= 11 is 0. The molecule has 192 valence electrons. The van der Waals surface area contributed by atoms with Crippen LogP contribution in [-0.4, -0.2) is 6.61 Å². The number of hydrogen-bond donors (Lipinski definition) is 0. The fourth-order valence-corrected chi connectivity index (χ4v) is 5.68. The summed E-state index contributed by atoms with van der Waals surface area (Å²) in [5.74, 6) is 2.08. The van der Waals surface area contributed by atoms with Crippen molar-refractivity contribution in [3.8, 4) is 29.0 Å². The quantitative estimate of drug-likeness (QED) is 0.251. The molecule has 0 N–H and O–H groups in total. The highest BCUT2D eigenvalue weighted by Crippen LogP contribution is 2.41. The number of unbranched alkanes of at least 4 members (excludes halogenated alkanes) is 7. The van der Waals surface area contributed by atoms with Gasteiger partial charge in [-0.3, -0.25) is 0 Å². The van der Waals surface area contributed by atoms with Gasteiger partial charge in [0.05, 0.1) is 17.7 Å². The Hall–Kier alpha value is -2.78. The molecule has 3 rings (SSSR count). The minimum absolute atomic E-state index is 0.390. The fourth-order valence-electron chi connectivity index (χ4n) is 5.68. The standard InChI is InChI=1S/C33H44N2O/c1-3-5-7-9-11-23-36-29-19-17-28(18-20-29)31-22-21-30(32(24-34)33(31)25-35)27-15-13-26(14-16-27)12-10-8-6-4-2/h17-22,26-27H,3-16,23H2,1-2H3/t26-,27-. The van der Waals surface area contributed by atoms with Crippen molar-refractivity contribution in [1.82, 2.24) is 0 Å². The highest BCUT2D eigenvalue weighted by Gasteiger charge is 2.26. The van der Waals surface area contributed by atoms with Crippen molar-refractivity contribution in [1.29, 1.82) is 10.5 Å². The summed E-state index contributed by atoms with van der Waals surface area (Å²) in [5.41, 5.74) is 3.97. The molecular formula is C33H44N2O. The van der Waals surface area contributed by atoms with Crippen molar-refractivity contribution in [3.05, 3.63) is 53.1 Å². The maximum absolute atomic E-state index is 10.0. The summed E-state index contributed by atoms with van der Waals surface area (Å²) in [4.78, 5) is 0. The monoisotopic (exact) mass is 484 g/mol. The molecule has 0 bridgehead atoms. The van der Waals surface area contributed by atoms with Crippen molar-refractivity contribution in [2.75, 3.05) is 6.61 Å². The molecule has 0 radical (unpaired) electrons. The molecular weight excluding hydrogens is 440 g/mol. The van der Waals surface area contributed by atoms with E-state index >= 15 is 0 Å². The van der Waals surface area contributed by atoms with E-state index in [1.807, 2.05) is 24.3 Å². The van der Waals surface area contributed by atoms with E-state index in [2.05, 4.69) is 38.1 Å². The highest BCUT2D eigenvalue weighted by atomic mass is 16.5. The normalized spacial score (nSPS) is 17.3. The molecule has 1 aliphatic rings. The molecule has 0 spiro atoms. The first-order valence-electron chi connectivity index (χ1n) is 14.4. The SMILES string of the molecule is CCCCCCCOc1ccc(-c2ccc([C@H]3CC[C@H](CCCCCC)CC3)c(C#N)c2C#N)cc1. The average molecular weight is 485 g/mol. The first-order chi connectivity index (χ1) is 17.7. The van der Waals surface area contributed by atoms with Crippen LogP contribution in [0.4, 0.5) is 0 Å². The van der Waals surface area contributed by atoms with Gasteiger partial charge < -0.3 is 4.74 Å². The van der Waals surface area contributed by atoms with Crippen LogP contribution in [0.15, 0.2) is 36.4 Å². The Labute approximate surface area is 219 Å². The summed E-state index contributed by atoms with van der Waals surface area (Å²) in [6, 6.07) is 16.9. The van der Waals surface area contributed by atoms with E-state index in [4.69, 9.17) is 4.74 Å². The van der Waals surface area contributed by atoms with Crippen molar-refractivity contribution in [2.45, 2.75) is 110 Å². The molecule has 0 heterocycles. The number of benzene rings is 2. The Morgan fingerprint density at radius 1 is 0.722 bits per heavy atom. The summed E-state index contributed by atoms with van der Waals surface area (Å²) in [5, 5.41) is 20.1. The van der Waals surface area contributed by atoms with Crippen LogP contribution in [0.3, 0.4) is 0 Å². The van der Waals surface area contributed by atoms with Crippen molar-refractivity contribution >= 4 is 0 Å². The summed E-state index contributed by atoms with van der Waals surface area (Å²) in [6.45, 7) is 5.23. The van der Waals surface area contributed by atoms with E-state index in [-0.39, 0.29) is 0 Å². The minimum Gasteiger partial charge on any atom is -0.494 e. The molecule has 0 saturated heterocycles. The van der Waals surface area contributed by atoms with Gasteiger partial charge in [-0.05, 0) is 67.2 Å². The molecule has 0 atom stereocenters. The van der Waals surface area contributed by atoms with Gasteiger partial charge in [-0.15, -0.1) is 0 Å². The number of hydrogen-bond acceptors (Lipinski definition) is 3. The largest absolute Gasteiger partial charge is 0.494 e. The molecule has 1 fully saturated rings. The highest BCUT2D eigenvalue weighted by molar-refractivity contribution is 5.75. The fraction of sp³-hybridized carbons (Fsp3) is 0.576. The lowest BCUT2D eigenvalue weighted by molar-refractivity contribution is 0.302. The minimum atomic E-state index is 0.390. The van der Waals surface area contributed by atoms with E-state index in [0.29, 0.717) is 17.0 Å². The van der Waals surface area contributed by atoms with E-state index in [0.717, 1.165) is 54.2 Å². The third-order valence-corrected chi connectivity index (χ3v) is 7.90. The lowest BCUT2D eigenvalue weighted by atomic mass is 9.75. The van der Waals surface area contributed by atoms with Crippen LogP contribution in [-0.2, 0) is 0 Å². The molecule has 2 aromatic rings. The predicted octanol–water partition coefficient (Wildman–Crippen LogP) is 9.69. The van der Waals surface area contributed by atoms with Crippen molar-refractivity contribution in [2.24, 2.45) is 5.92 Å². The van der Waals surface area contributed by atoms with Gasteiger partial charge in [0, 0.05) is 5.56 Å². The number of nitriles is 2. The van der Waals surface area contributed by atoms with Gasteiger partial charge in [-0.25, -0.2) is 0 Å². The summed E-state index contributed by atoms with van der Waals surface area (Å²) in [6.07, 6.45) is 17.5. The van der Waals surface area contributed by atoms with Crippen LogP contribution in [0.5, 0.6) is 5.75 Å². The molecule has 1 aliphatic carbocycles. The van der Waals surface area contributed by atoms with Gasteiger partial charge in [-0.2, -0.15) is 10.5 Å². The van der Waals surface area contributed by atoms with E-state index in [1.54, 1.807) is 0 Å². The lowest BCUT2D eigenvalue weighted by Crippen LogP contribution is -2.15. The van der Waals surface area contributed by atoms with Gasteiger partial charge in [0.15, 0.2) is 0 Å². The Morgan fingerprint density at radius 3 is 2.00 bits per heavy atom. The van der Waals surface area contributed by atoms with Gasteiger partial charge >= 0.3 is 0 Å². The number of rotatable bonds is 14. The van der Waals surface area contributed by atoms with E-state index < -0.39 is 0 Å². The molecule has 36 heavy (non-hydrogen) atoms. The average Bonchev–Trinajstić information content (AvgIpc) is 2.93. The van der Waals surface area contributed by atoms with Gasteiger partial charge in [-0.1, -0.05) is 95.9 Å². The summed E-state index contributed by atoms with van der Waals surface area (Å²) < 4.78 is 5.90. The topological polar surface area (TPSA) is 56.8 Å². The maximum Gasteiger partial charge on any atom is 0.119 e. The van der Waals surface area contributed by atoms with E-state index in [1.165, 1.54) is 70.6 Å². The van der Waals surface area contributed by atoms with E-state index in [9.17, 15) is 10.5 Å². The number of ether oxygens (including phenoxy) is 1. The van der Waals surface area contributed by atoms with Gasteiger partial charge in [0.1, 0.15) is 17.9 Å². The van der Waals surface area contributed by atoms with Crippen molar-refractivity contribution in [3.63, 3.8) is 0 Å². The second-order valence-electron chi connectivity index (χ2n) is 10.5. The van der Waals surface area contributed by atoms with Crippen LogP contribution in [0.2, 0.25) is 0 Å². The molecule has 0 aromatic heterocycles. The number of nitrogens with zero attached hydrogens (tertiary/aromatic N) is 2. The Morgan fingerprint density at radius 2 is 1.36 bits per heavy atom. The van der Waals surface area contributed by atoms with Gasteiger partial charge in [0.25, 0.3) is 0 Å². The lowest BCUT2D eigenvalue weighted by Gasteiger charge is -2.29. The second kappa shape index (κ2) is 15.4. The molecule has 0 aliphatic heterocycles. The maximum atomic E-state index is 10.0. The Kier molecular flexibility index (Phi) is 11.9. The smallest absolute Gasteiger partial charge is 0.119 e. The third-order valence-electron chi connectivity index (χ3n) is 7.90. The molecule has 3 nitrogen and oxygen atoms in total. The van der Waals surface area contributed by atoms with Crippen LogP contribution in [0, 0.1) is 28.6 Å². The zero-order valence-corrected chi connectivity index (χ0v) is 22.5. The molecule has 2 aromatic carbocycles. The first-order valence-corrected chi connectivity index (χ1v) is 14.4. The Balaban J connectivity index is 1.64. The van der Waals surface area contributed by atoms with Gasteiger partial charge in [0.2, 0.25) is 0 Å². The third kappa shape index (κ3) is 7.86. The zero-order chi connectivity index (χ0) is 25.6. The van der Waals surface area contributed by atoms with Crippen LogP contribution < -0.4 is 4.74 Å². The first kappa shape index (κ1) is 27.8. The molecule has 0 unspecified atom stereocenters. The summed E-state index contributed by atoms with van der Waals surface area (Å²) in [7, 11) is 0. The Bertz CT molecular complexity index is 1000. The van der Waals surface area contributed by atoms with Crippen LogP contribution in [0.1, 0.15) is 126 Å². The predicted molar refractivity (Wildman–Crippen MR) is 149 cm³/mol. The van der Waals surface area contributed by atoms with Crippen LogP contribution >= 0.6 is 0 Å². The van der Waals surface area contributed by atoms with Crippen molar-refractivity contribution < 1.29 is 4.74 Å². The second-order valence-corrected chi connectivity index (χ2v) is 10.5. The van der Waals surface area contributed by atoms with Crippen LogP contribution in [0.25, 0.3) is 11.1 Å². The molecule has 1 saturated carbocycles. The molecule has 3 heteroatoms.